The molecule has 0 aliphatic rings. The summed E-state index contributed by atoms with van der Waals surface area (Å²) in [4.78, 5) is 19.5. The molecule has 0 aromatic carbocycles. The highest BCUT2D eigenvalue weighted by Crippen LogP contribution is 2.19. The summed E-state index contributed by atoms with van der Waals surface area (Å²) in [5.74, 6) is 0.242. The van der Waals surface area contributed by atoms with Crippen LogP contribution in [0.15, 0.2) is 12.3 Å². The largest absolute Gasteiger partial charge is 0.481 e. The number of unbranched alkanes of at least 4 members (excludes halogenated alkanes) is 1. The van der Waals surface area contributed by atoms with E-state index < -0.39 is 5.97 Å². The number of imidazole rings is 1. The van der Waals surface area contributed by atoms with Crippen molar-refractivity contribution in [1.29, 1.82) is 0 Å². The summed E-state index contributed by atoms with van der Waals surface area (Å²) in [7, 11) is 0. The number of carbonyl (C=O) groups is 1. The molecule has 108 valence electrons. The number of aliphatic carboxylic acids is 1. The number of hydrogen-bond acceptors (Lipinski definition) is 3. The predicted octanol–water partition coefficient (Wildman–Crippen LogP) is 3.29. The van der Waals surface area contributed by atoms with Gasteiger partial charge in [-0.25, -0.2) is 9.97 Å². The molecule has 0 radical (unpaired) electrons. The fourth-order valence-corrected chi connectivity index (χ4v) is 2.38. The fourth-order valence-electron chi connectivity index (χ4n) is 2.23. The van der Waals surface area contributed by atoms with Gasteiger partial charge in [-0.3, -0.25) is 4.79 Å². The Labute approximate surface area is 122 Å². The Morgan fingerprint density at radius 3 is 2.95 bits per heavy atom. The Bertz CT molecular complexity index is 610. The maximum absolute atomic E-state index is 10.5. The quantitative estimate of drug-likeness (QED) is 0.796. The first kappa shape index (κ1) is 14.8. The molecule has 2 aromatic heterocycles. The number of fused-ring (bicyclic) bond motifs is 1. The van der Waals surface area contributed by atoms with Gasteiger partial charge in [0.2, 0.25) is 0 Å². The number of hydrogen-bond donors (Lipinski definition) is 1. The molecule has 0 atom stereocenters. The minimum Gasteiger partial charge on any atom is -0.481 e. The van der Waals surface area contributed by atoms with E-state index in [2.05, 4.69) is 21.5 Å². The Hall–Kier alpha value is -1.62. The van der Waals surface area contributed by atoms with E-state index in [0.29, 0.717) is 11.4 Å². The van der Waals surface area contributed by atoms with Crippen LogP contribution in [-0.4, -0.2) is 25.6 Å². The Morgan fingerprint density at radius 1 is 1.45 bits per heavy atom. The lowest BCUT2D eigenvalue weighted by molar-refractivity contribution is -0.137. The van der Waals surface area contributed by atoms with Crippen molar-refractivity contribution in [2.75, 3.05) is 0 Å². The van der Waals surface area contributed by atoms with Gasteiger partial charge >= 0.3 is 5.97 Å². The summed E-state index contributed by atoms with van der Waals surface area (Å²) < 4.78 is 2.08. The molecular weight excluding hydrogens is 278 g/mol. The van der Waals surface area contributed by atoms with Crippen LogP contribution in [0.4, 0.5) is 0 Å². The lowest BCUT2D eigenvalue weighted by Crippen LogP contribution is -2.05. The predicted molar refractivity (Wildman–Crippen MR) is 78.0 cm³/mol. The second kappa shape index (κ2) is 6.70. The first-order valence-electron chi connectivity index (χ1n) is 6.84. The maximum atomic E-state index is 10.5. The number of aryl methyl sites for hydroxylation is 2. The maximum Gasteiger partial charge on any atom is 0.303 e. The van der Waals surface area contributed by atoms with E-state index in [1.54, 1.807) is 6.20 Å². The summed E-state index contributed by atoms with van der Waals surface area (Å²) in [5.41, 5.74) is 1.63. The monoisotopic (exact) mass is 295 g/mol. The summed E-state index contributed by atoms with van der Waals surface area (Å²) in [6, 6.07) is 1.82. The number of halogens is 1. The Kier molecular flexibility index (Phi) is 4.95. The third kappa shape index (κ3) is 3.48. The van der Waals surface area contributed by atoms with Crippen molar-refractivity contribution in [1.82, 2.24) is 14.5 Å². The lowest BCUT2D eigenvalue weighted by atomic mass is 10.2. The summed E-state index contributed by atoms with van der Waals surface area (Å²) >= 11 is 5.94. The number of rotatable bonds is 7. The summed E-state index contributed by atoms with van der Waals surface area (Å²) in [6.07, 6.45) is 5.18. The van der Waals surface area contributed by atoms with Gasteiger partial charge in [0, 0.05) is 25.6 Å². The second-order valence-corrected chi connectivity index (χ2v) is 5.21. The molecule has 2 heterocycles. The normalized spacial score (nSPS) is 11.1. The van der Waals surface area contributed by atoms with Crippen LogP contribution in [0.2, 0.25) is 5.02 Å². The van der Waals surface area contributed by atoms with Crippen molar-refractivity contribution < 1.29 is 9.90 Å². The molecule has 0 saturated heterocycles. The second-order valence-electron chi connectivity index (χ2n) is 4.78. The standard InChI is InChI=1S/C14H18ClN3O2/c1-2-5-12-17-11-8-10(15)9-16-14(11)18(12)7-4-3-6-13(19)20/h8-9H,2-7H2,1H3,(H,19,20). The number of carboxylic acid groups (broad SMARTS) is 1. The summed E-state index contributed by atoms with van der Waals surface area (Å²) in [5, 5.41) is 9.25. The molecule has 0 bridgehead atoms. The van der Waals surface area contributed by atoms with Gasteiger partial charge in [-0.1, -0.05) is 18.5 Å². The fraction of sp³-hybridized carbons (Fsp3) is 0.500. The summed E-state index contributed by atoms with van der Waals surface area (Å²) in [6.45, 7) is 2.85. The van der Waals surface area contributed by atoms with Crippen LogP contribution in [0.3, 0.4) is 0 Å². The molecule has 5 nitrogen and oxygen atoms in total. The SMILES string of the molecule is CCCc1nc2cc(Cl)cnc2n1CCCCC(=O)O. The van der Waals surface area contributed by atoms with Crippen molar-refractivity contribution in [3.63, 3.8) is 0 Å². The van der Waals surface area contributed by atoms with E-state index >= 15 is 0 Å². The molecule has 2 aromatic rings. The number of carboxylic acids is 1. The first-order chi connectivity index (χ1) is 9.61. The van der Waals surface area contributed by atoms with E-state index in [1.165, 1.54) is 0 Å². The molecule has 1 N–H and O–H groups in total. The molecule has 0 aliphatic carbocycles. The highest BCUT2D eigenvalue weighted by Gasteiger charge is 2.11. The molecule has 6 heteroatoms. The van der Waals surface area contributed by atoms with Crippen molar-refractivity contribution >= 4 is 28.7 Å². The van der Waals surface area contributed by atoms with Crippen molar-refractivity contribution in [3.05, 3.63) is 23.1 Å². The highest BCUT2D eigenvalue weighted by molar-refractivity contribution is 6.31. The zero-order valence-corrected chi connectivity index (χ0v) is 12.2. The van der Waals surface area contributed by atoms with Crippen molar-refractivity contribution in [2.45, 2.75) is 45.6 Å². The van der Waals surface area contributed by atoms with Crippen LogP contribution >= 0.6 is 11.6 Å². The highest BCUT2D eigenvalue weighted by atomic mass is 35.5. The van der Waals surface area contributed by atoms with E-state index in [4.69, 9.17) is 16.7 Å². The molecule has 0 fully saturated rings. The third-order valence-electron chi connectivity index (χ3n) is 3.13. The average Bonchev–Trinajstić information content (AvgIpc) is 2.72. The van der Waals surface area contributed by atoms with Crippen molar-refractivity contribution in [3.8, 4) is 0 Å². The third-order valence-corrected chi connectivity index (χ3v) is 3.33. The van der Waals surface area contributed by atoms with Gasteiger partial charge in [-0.2, -0.15) is 0 Å². The first-order valence-corrected chi connectivity index (χ1v) is 7.22. The molecule has 2 rings (SSSR count). The van der Waals surface area contributed by atoms with Crippen LogP contribution in [0.1, 0.15) is 38.4 Å². The van der Waals surface area contributed by atoms with E-state index in [-0.39, 0.29) is 6.42 Å². The van der Waals surface area contributed by atoms with Crippen LogP contribution in [0, 0.1) is 0 Å². The number of aromatic nitrogens is 3. The van der Waals surface area contributed by atoms with Gasteiger partial charge in [-0.15, -0.1) is 0 Å². The minimum absolute atomic E-state index is 0.203. The molecule has 0 saturated carbocycles. The number of pyridine rings is 1. The van der Waals surface area contributed by atoms with Gasteiger partial charge in [0.1, 0.15) is 11.3 Å². The van der Waals surface area contributed by atoms with Crippen molar-refractivity contribution in [2.24, 2.45) is 0 Å². The molecule has 0 spiro atoms. The number of nitrogens with zero attached hydrogens (tertiary/aromatic N) is 3. The van der Waals surface area contributed by atoms with Gasteiger partial charge < -0.3 is 9.67 Å². The molecule has 0 unspecified atom stereocenters. The Morgan fingerprint density at radius 2 is 2.25 bits per heavy atom. The molecule has 0 aliphatic heterocycles. The van der Waals surface area contributed by atoms with Crippen LogP contribution in [0.25, 0.3) is 11.2 Å². The zero-order chi connectivity index (χ0) is 14.5. The van der Waals surface area contributed by atoms with Crippen LogP contribution < -0.4 is 0 Å². The smallest absolute Gasteiger partial charge is 0.303 e. The van der Waals surface area contributed by atoms with E-state index in [0.717, 1.165) is 42.8 Å². The van der Waals surface area contributed by atoms with Gasteiger partial charge in [0.15, 0.2) is 5.65 Å². The van der Waals surface area contributed by atoms with E-state index in [1.807, 2.05) is 6.07 Å². The molecule has 20 heavy (non-hydrogen) atoms. The average molecular weight is 296 g/mol. The van der Waals surface area contributed by atoms with Gasteiger partial charge in [0.25, 0.3) is 0 Å². The molecular formula is C14H18ClN3O2. The van der Waals surface area contributed by atoms with Gasteiger partial charge in [-0.05, 0) is 25.3 Å². The van der Waals surface area contributed by atoms with Gasteiger partial charge in [0.05, 0.1) is 5.02 Å². The zero-order valence-electron chi connectivity index (χ0n) is 11.5. The molecule has 0 amide bonds. The Balaban J connectivity index is 2.19. The topological polar surface area (TPSA) is 68.0 Å². The van der Waals surface area contributed by atoms with Crippen LogP contribution in [-0.2, 0) is 17.8 Å². The lowest BCUT2D eigenvalue weighted by Gasteiger charge is -2.07. The van der Waals surface area contributed by atoms with Crippen LogP contribution in [0.5, 0.6) is 0 Å². The van der Waals surface area contributed by atoms with E-state index in [9.17, 15) is 4.79 Å². The minimum atomic E-state index is -0.751.